The van der Waals surface area contributed by atoms with Gasteiger partial charge in [-0.25, -0.2) is 9.50 Å². The monoisotopic (exact) mass is 313 g/mol. The van der Waals surface area contributed by atoms with Crippen LogP contribution < -0.4 is 0 Å². The van der Waals surface area contributed by atoms with E-state index in [1.165, 1.54) is 41.8 Å². The Morgan fingerprint density at radius 1 is 1.05 bits per heavy atom. The SMILES string of the molecule is CCCCCCc1nn2cc(-c3ccc(CC)cc3)nc2s1. The standard InChI is InChI=1S/C18H23N3S/c1-3-5-6-7-8-17-20-21-13-16(19-18(21)22-17)15-11-9-14(4-2)10-12-15/h9-13H,3-8H2,1-2H3. The molecule has 0 spiro atoms. The molecule has 0 saturated carbocycles. The molecule has 4 heteroatoms. The van der Waals surface area contributed by atoms with E-state index in [-0.39, 0.29) is 0 Å². The van der Waals surface area contributed by atoms with E-state index in [4.69, 9.17) is 4.98 Å². The Bertz CT molecular complexity index is 693. The molecule has 0 saturated heterocycles. The lowest BCUT2D eigenvalue weighted by Crippen LogP contribution is -1.88. The fourth-order valence-electron chi connectivity index (χ4n) is 2.60. The minimum atomic E-state index is 1.00. The number of hydrogen-bond acceptors (Lipinski definition) is 3. The summed E-state index contributed by atoms with van der Waals surface area (Å²) in [6.07, 6.45) is 9.32. The van der Waals surface area contributed by atoms with Gasteiger partial charge in [-0.2, -0.15) is 5.10 Å². The summed E-state index contributed by atoms with van der Waals surface area (Å²) >= 11 is 1.72. The Hall–Kier alpha value is -1.68. The van der Waals surface area contributed by atoms with E-state index in [9.17, 15) is 0 Å². The fourth-order valence-corrected chi connectivity index (χ4v) is 3.51. The van der Waals surface area contributed by atoms with Gasteiger partial charge in [-0.1, -0.05) is 68.7 Å². The second kappa shape index (κ2) is 7.05. The van der Waals surface area contributed by atoms with Gasteiger partial charge in [0.05, 0.1) is 11.9 Å². The first kappa shape index (κ1) is 15.2. The van der Waals surface area contributed by atoms with Crippen LogP contribution in [0.1, 0.15) is 50.1 Å². The number of hydrogen-bond donors (Lipinski definition) is 0. The van der Waals surface area contributed by atoms with Crippen molar-refractivity contribution in [2.24, 2.45) is 0 Å². The van der Waals surface area contributed by atoms with Crippen LogP contribution in [0.25, 0.3) is 16.2 Å². The molecule has 0 bridgehead atoms. The van der Waals surface area contributed by atoms with Crippen molar-refractivity contribution in [2.75, 3.05) is 0 Å². The zero-order valence-electron chi connectivity index (χ0n) is 13.4. The smallest absolute Gasteiger partial charge is 0.212 e. The third-order valence-electron chi connectivity index (χ3n) is 3.99. The highest BCUT2D eigenvalue weighted by Gasteiger charge is 2.09. The molecule has 0 aliphatic carbocycles. The molecule has 0 fully saturated rings. The Morgan fingerprint density at radius 2 is 1.86 bits per heavy atom. The molecule has 0 unspecified atom stereocenters. The summed E-state index contributed by atoms with van der Waals surface area (Å²) < 4.78 is 1.93. The van der Waals surface area contributed by atoms with Gasteiger partial charge < -0.3 is 0 Å². The van der Waals surface area contributed by atoms with Crippen LogP contribution in [-0.4, -0.2) is 14.6 Å². The van der Waals surface area contributed by atoms with Gasteiger partial charge >= 0.3 is 0 Å². The molecular formula is C18H23N3S. The minimum Gasteiger partial charge on any atom is -0.217 e. The maximum absolute atomic E-state index is 4.72. The summed E-state index contributed by atoms with van der Waals surface area (Å²) in [5.74, 6) is 0. The maximum atomic E-state index is 4.72. The Morgan fingerprint density at radius 3 is 2.55 bits per heavy atom. The van der Waals surface area contributed by atoms with E-state index in [0.29, 0.717) is 0 Å². The highest BCUT2D eigenvalue weighted by atomic mass is 32.1. The van der Waals surface area contributed by atoms with E-state index >= 15 is 0 Å². The van der Waals surface area contributed by atoms with Crippen molar-refractivity contribution < 1.29 is 0 Å². The summed E-state index contributed by atoms with van der Waals surface area (Å²) in [4.78, 5) is 5.72. The maximum Gasteiger partial charge on any atom is 0.212 e. The highest BCUT2D eigenvalue weighted by molar-refractivity contribution is 7.16. The summed E-state index contributed by atoms with van der Waals surface area (Å²) in [5, 5.41) is 5.86. The van der Waals surface area contributed by atoms with Gasteiger partial charge in [0, 0.05) is 12.0 Å². The molecule has 0 aliphatic rings. The van der Waals surface area contributed by atoms with Crippen LogP contribution in [0.2, 0.25) is 0 Å². The molecule has 2 heterocycles. The highest BCUT2D eigenvalue weighted by Crippen LogP contribution is 2.23. The van der Waals surface area contributed by atoms with Gasteiger partial charge in [0.15, 0.2) is 0 Å². The van der Waals surface area contributed by atoms with Crippen molar-refractivity contribution in [2.45, 2.75) is 52.4 Å². The van der Waals surface area contributed by atoms with Crippen molar-refractivity contribution in [3.63, 3.8) is 0 Å². The summed E-state index contributed by atoms with van der Waals surface area (Å²) in [6.45, 7) is 4.42. The van der Waals surface area contributed by atoms with E-state index in [0.717, 1.165) is 23.5 Å². The first-order chi connectivity index (χ1) is 10.8. The van der Waals surface area contributed by atoms with Crippen molar-refractivity contribution in [1.82, 2.24) is 14.6 Å². The van der Waals surface area contributed by atoms with Gasteiger partial charge in [0.25, 0.3) is 0 Å². The molecule has 3 aromatic rings. The van der Waals surface area contributed by atoms with Crippen LogP contribution in [0.15, 0.2) is 30.5 Å². The number of benzene rings is 1. The Balaban J connectivity index is 1.72. The molecule has 3 rings (SSSR count). The molecule has 0 aliphatic heterocycles. The molecular weight excluding hydrogens is 290 g/mol. The molecule has 3 nitrogen and oxygen atoms in total. The average molecular weight is 313 g/mol. The third kappa shape index (κ3) is 3.38. The Kier molecular flexibility index (Phi) is 4.88. The number of imidazole rings is 1. The van der Waals surface area contributed by atoms with Gasteiger partial charge in [-0.3, -0.25) is 0 Å². The van der Waals surface area contributed by atoms with Crippen molar-refractivity contribution >= 4 is 16.3 Å². The molecule has 0 amide bonds. The minimum absolute atomic E-state index is 1.00. The Labute approximate surface area is 136 Å². The van der Waals surface area contributed by atoms with Gasteiger partial charge in [0.1, 0.15) is 5.01 Å². The quantitative estimate of drug-likeness (QED) is 0.565. The average Bonchev–Trinajstić information content (AvgIpc) is 3.10. The second-order valence-corrected chi connectivity index (χ2v) is 6.75. The lowest BCUT2D eigenvalue weighted by Gasteiger charge is -1.98. The number of fused-ring (bicyclic) bond motifs is 1. The lowest BCUT2D eigenvalue weighted by atomic mass is 10.1. The van der Waals surface area contributed by atoms with E-state index in [1.807, 2.05) is 10.7 Å². The van der Waals surface area contributed by atoms with Crippen LogP contribution in [0.3, 0.4) is 0 Å². The van der Waals surface area contributed by atoms with Crippen molar-refractivity contribution in [3.8, 4) is 11.3 Å². The van der Waals surface area contributed by atoms with Gasteiger partial charge in [-0.15, -0.1) is 0 Å². The van der Waals surface area contributed by atoms with Crippen LogP contribution in [0.4, 0.5) is 0 Å². The van der Waals surface area contributed by atoms with Gasteiger partial charge in [-0.05, 0) is 18.4 Å². The number of unbranched alkanes of at least 4 members (excludes halogenated alkanes) is 3. The third-order valence-corrected chi connectivity index (χ3v) is 4.97. The predicted molar refractivity (Wildman–Crippen MR) is 93.5 cm³/mol. The normalized spacial score (nSPS) is 11.4. The molecule has 0 radical (unpaired) electrons. The fraction of sp³-hybridized carbons (Fsp3) is 0.444. The summed E-state index contributed by atoms with van der Waals surface area (Å²) in [7, 11) is 0. The molecule has 0 atom stereocenters. The summed E-state index contributed by atoms with van der Waals surface area (Å²) in [6, 6.07) is 8.65. The van der Waals surface area contributed by atoms with Crippen LogP contribution in [-0.2, 0) is 12.8 Å². The zero-order chi connectivity index (χ0) is 15.4. The largest absolute Gasteiger partial charge is 0.217 e. The molecule has 22 heavy (non-hydrogen) atoms. The van der Waals surface area contributed by atoms with E-state index in [2.05, 4.69) is 43.2 Å². The molecule has 1 aromatic carbocycles. The van der Waals surface area contributed by atoms with Crippen LogP contribution in [0, 0.1) is 0 Å². The second-order valence-electron chi connectivity index (χ2n) is 5.71. The van der Waals surface area contributed by atoms with Crippen molar-refractivity contribution in [3.05, 3.63) is 41.0 Å². The lowest BCUT2D eigenvalue weighted by molar-refractivity contribution is 0.661. The van der Waals surface area contributed by atoms with Gasteiger partial charge in [0.2, 0.25) is 4.96 Å². The topological polar surface area (TPSA) is 30.2 Å². The first-order valence-corrected chi connectivity index (χ1v) is 9.06. The first-order valence-electron chi connectivity index (χ1n) is 8.24. The summed E-state index contributed by atoms with van der Waals surface area (Å²) in [5.41, 5.74) is 3.54. The molecule has 0 N–H and O–H groups in total. The molecule has 2 aromatic heterocycles. The van der Waals surface area contributed by atoms with E-state index < -0.39 is 0 Å². The number of nitrogens with zero attached hydrogens (tertiary/aromatic N) is 3. The van der Waals surface area contributed by atoms with Crippen LogP contribution >= 0.6 is 11.3 Å². The van der Waals surface area contributed by atoms with Crippen molar-refractivity contribution in [1.29, 1.82) is 0 Å². The number of aryl methyl sites for hydroxylation is 2. The predicted octanol–water partition coefficient (Wildman–Crippen LogP) is 5.14. The van der Waals surface area contributed by atoms with Crippen LogP contribution in [0.5, 0.6) is 0 Å². The molecule has 116 valence electrons. The number of aromatic nitrogens is 3. The zero-order valence-corrected chi connectivity index (χ0v) is 14.2. The van der Waals surface area contributed by atoms with E-state index in [1.54, 1.807) is 11.3 Å². The number of rotatable bonds is 7.